The normalized spacial score (nSPS) is 18.0. The largest absolute Gasteiger partial charge is 0.483 e. The van der Waals surface area contributed by atoms with E-state index in [1.807, 2.05) is 0 Å². The van der Waals surface area contributed by atoms with Crippen LogP contribution in [-0.4, -0.2) is 43.4 Å². The van der Waals surface area contributed by atoms with E-state index in [0.717, 1.165) is 0 Å². The summed E-state index contributed by atoms with van der Waals surface area (Å²) in [6, 6.07) is 13.9. The number of nitro benzene ring substituents is 1. The second kappa shape index (κ2) is 7.75. The predicted molar refractivity (Wildman–Crippen MR) is 99.6 cm³/mol. The Labute approximate surface area is 156 Å². The monoisotopic (exact) mass is 390 g/mol. The van der Waals surface area contributed by atoms with Gasteiger partial charge in [0.1, 0.15) is 5.75 Å². The van der Waals surface area contributed by atoms with Crippen LogP contribution in [0.2, 0.25) is 0 Å². The molecule has 1 aliphatic rings. The van der Waals surface area contributed by atoms with Crippen LogP contribution < -0.4 is 9.64 Å². The number of amides is 1. The molecular weight excluding hydrogens is 372 g/mol. The molecule has 0 N–H and O–H groups in total. The topological polar surface area (TPSA) is 107 Å². The molecule has 9 heteroatoms. The average Bonchev–Trinajstić information content (AvgIpc) is 3.00. The van der Waals surface area contributed by atoms with Gasteiger partial charge < -0.3 is 9.64 Å². The standard InChI is InChI=1S/C18H18N2O6S/c21-18(12-26-17-8-4-7-15(11-17)20(22)23)19(14-5-2-1-3-6-14)16-9-10-27(24,25)13-16/h1-8,11,16H,9-10,12-13H2/t16-/m0/s1. The van der Waals surface area contributed by atoms with Crippen LogP contribution in [0.25, 0.3) is 0 Å². The quantitative estimate of drug-likeness (QED) is 0.553. The zero-order valence-corrected chi connectivity index (χ0v) is 15.2. The van der Waals surface area contributed by atoms with E-state index in [1.165, 1.54) is 29.2 Å². The summed E-state index contributed by atoms with van der Waals surface area (Å²) in [6.45, 7) is -0.355. The van der Waals surface area contributed by atoms with Crippen LogP contribution in [0, 0.1) is 10.1 Å². The first kappa shape index (κ1) is 18.8. The molecular formula is C18H18N2O6S. The Morgan fingerprint density at radius 1 is 1.19 bits per heavy atom. The molecule has 3 rings (SSSR count). The molecule has 1 heterocycles. The molecule has 0 spiro atoms. The third-order valence-corrected chi connectivity index (χ3v) is 6.02. The summed E-state index contributed by atoms with van der Waals surface area (Å²) in [5.41, 5.74) is 0.453. The van der Waals surface area contributed by atoms with Crippen LogP contribution in [0.4, 0.5) is 11.4 Å². The van der Waals surface area contributed by atoms with Crippen molar-refractivity contribution in [3.05, 3.63) is 64.7 Å². The third-order valence-electron chi connectivity index (χ3n) is 4.27. The van der Waals surface area contributed by atoms with Crippen molar-refractivity contribution in [1.29, 1.82) is 0 Å². The van der Waals surface area contributed by atoms with E-state index in [1.54, 1.807) is 30.3 Å². The fourth-order valence-electron chi connectivity index (χ4n) is 3.03. The number of nitrogens with zero attached hydrogens (tertiary/aromatic N) is 2. The molecule has 0 bridgehead atoms. The molecule has 0 aromatic heterocycles. The van der Waals surface area contributed by atoms with E-state index in [9.17, 15) is 23.3 Å². The van der Waals surface area contributed by atoms with Gasteiger partial charge in [-0.3, -0.25) is 14.9 Å². The highest BCUT2D eigenvalue weighted by Crippen LogP contribution is 2.25. The van der Waals surface area contributed by atoms with Gasteiger partial charge in [-0.05, 0) is 24.6 Å². The maximum atomic E-state index is 12.8. The molecule has 0 radical (unpaired) electrons. The van der Waals surface area contributed by atoms with Gasteiger partial charge in [-0.1, -0.05) is 24.3 Å². The molecule has 1 atom stereocenters. The van der Waals surface area contributed by atoms with E-state index >= 15 is 0 Å². The van der Waals surface area contributed by atoms with Gasteiger partial charge >= 0.3 is 0 Å². The second-order valence-electron chi connectivity index (χ2n) is 6.20. The summed E-state index contributed by atoms with van der Waals surface area (Å²) in [5, 5.41) is 10.8. The number of para-hydroxylation sites is 1. The number of rotatable bonds is 6. The first-order valence-corrected chi connectivity index (χ1v) is 10.1. The Morgan fingerprint density at radius 2 is 1.93 bits per heavy atom. The number of ether oxygens (including phenoxy) is 1. The summed E-state index contributed by atoms with van der Waals surface area (Å²) in [6.07, 6.45) is 0.361. The molecule has 0 aliphatic carbocycles. The Hall–Kier alpha value is -2.94. The minimum Gasteiger partial charge on any atom is -0.483 e. The van der Waals surface area contributed by atoms with E-state index in [4.69, 9.17) is 4.74 Å². The maximum Gasteiger partial charge on any atom is 0.273 e. The zero-order valence-electron chi connectivity index (χ0n) is 14.4. The molecule has 0 saturated carbocycles. The Kier molecular flexibility index (Phi) is 5.41. The number of carbonyl (C=O) groups excluding carboxylic acids is 1. The minimum absolute atomic E-state index is 0.0417. The fraction of sp³-hybridized carbons (Fsp3) is 0.278. The van der Waals surface area contributed by atoms with E-state index in [2.05, 4.69) is 0 Å². The molecule has 1 amide bonds. The van der Waals surface area contributed by atoms with Gasteiger partial charge in [-0.2, -0.15) is 0 Å². The summed E-state index contributed by atoms with van der Waals surface area (Å²) < 4.78 is 29.1. The SMILES string of the molecule is O=C(COc1cccc([N+](=O)[O-])c1)N(c1ccccc1)[C@H]1CCS(=O)(=O)C1. The van der Waals surface area contributed by atoms with Crippen LogP contribution in [0.3, 0.4) is 0 Å². The molecule has 1 aliphatic heterocycles. The summed E-state index contributed by atoms with van der Waals surface area (Å²) in [7, 11) is -3.17. The summed E-state index contributed by atoms with van der Waals surface area (Å²) in [4.78, 5) is 24.5. The van der Waals surface area contributed by atoms with Crippen molar-refractivity contribution >= 4 is 27.1 Å². The molecule has 1 fully saturated rings. The smallest absolute Gasteiger partial charge is 0.273 e. The second-order valence-corrected chi connectivity index (χ2v) is 8.43. The lowest BCUT2D eigenvalue weighted by atomic mass is 10.2. The number of non-ortho nitro benzene ring substituents is 1. The Bertz CT molecular complexity index is 945. The number of hydrogen-bond donors (Lipinski definition) is 0. The maximum absolute atomic E-state index is 12.8. The first-order chi connectivity index (χ1) is 12.9. The fourth-order valence-corrected chi connectivity index (χ4v) is 4.73. The molecule has 142 valence electrons. The zero-order chi connectivity index (χ0) is 19.4. The van der Waals surface area contributed by atoms with Crippen molar-refractivity contribution < 1.29 is 22.9 Å². The van der Waals surface area contributed by atoms with Gasteiger partial charge in [0.25, 0.3) is 11.6 Å². The van der Waals surface area contributed by atoms with Crippen molar-refractivity contribution in [2.75, 3.05) is 23.0 Å². The lowest BCUT2D eigenvalue weighted by Crippen LogP contribution is -2.43. The summed E-state index contributed by atoms with van der Waals surface area (Å²) >= 11 is 0. The van der Waals surface area contributed by atoms with E-state index in [-0.39, 0.29) is 29.5 Å². The highest BCUT2D eigenvalue weighted by atomic mass is 32.2. The van der Waals surface area contributed by atoms with Crippen LogP contribution in [0.15, 0.2) is 54.6 Å². The number of anilines is 1. The average molecular weight is 390 g/mol. The lowest BCUT2D eigenvalue weighted by molar-refractivity contribution is -0.384. The number of nitro groups is 1. The van der Waals surface area contributed by atoms with Crippen LogP contribution >= 0.6 is 0 Å². The molecule has 1 saturated heterocycles. The molecule has 0 unspecified atom stereocenters. The third kappa shape index (κ3) is 4.62. The summed E-state index contributed by atoms with van der Waals surface area (Å²) in [5.74, 6) is -0.260. The predicted octanol–water partition coefficient (Wildman–Crippen LogP) is 2.19. The van der Waals surface area contributed by atoms with Gasteiger partial charge in [-0.25, -0.2) is 8.42 Å². The van der Waals surface area contributed by atoms with Crippen molar-refractivity contribution in [3.8, 4) is 5.75 Å². The van der Waals surface area contributed by atoms with Crippen LogP contribution in [0.5, 0.6) is 5.75 Å². The first-order valence-electron chi connectivity index (χ1n) is 8.30. The van der Waals surface area contributed by atoms with E-state index in [0.29, 0.717) is 12.1 Å². The highest BCUT2D eigenvalue weighted by Gasteiger charge is 2.35. The number of carbonyl (C=O) groups is 1. The van der Waals surface area contributed by atoms with Crippen LogP contribution in [-0.2, 0) is 14.6 Å². The molecule has 2 aromatic rings. The van der Waals surface area contributed by atoms with Crippen molar-refractivity contribution in [1.82, 2.24) is 0 Å². The highest BCUT2D eigenvalue weighted by molar-refractivity contribution is 7.91. The molecule has 2 aromatic carbocycles. The van der Waals surface area contributed by atoms with Gasteiger partial charge in [0, 0.05) is 11.8 Å². The van der Waals surface area contributed by atoms with Gasteiger partial charge in [0.15, 0.2) is 16.4 Å². The number of hydrogen-bond acceptors (Lipinski definition) is 6. The van der Waals surface area contributed by atoms with Gasteiger partial charge in [-0.15, -0.1) is 0 Å². The lowest BCUT2D eigenvalue weighted by Gasteiger charge is -2.28. The molecule has 8 nitrogen and oxygen atoms in total. The van der Waals surface area contributed by atoms with Gasteiger partial charge in [0.2, 0.25) is 0 Å². The Morgan fingerprint density at radius 3 is 2.56 bits per heavy atom. The Balaban J connectivity index is 1.77. The van der Waals surface area contributed by atoms with Gasteiger partial charge in [0.05, 0.1) is 28.5 Å². The van der Waals surface area contributed by atoms with E-state index < -0.39 is 26.7 Å². The van der Waals surface area contributed by atoms with Crippen LogP contribution in [0.1, 0.15) is 6.42 Å². The minimum atomic E-state index is -3.17. The number of sulfone groups is 1. The number of benzene rings is 2. The van der Waals surface area contributed by atoms with Crippen molar-refractivity contribution in [3.63, 3.8) is 0 Å². The van der Waals surface area contributed by atoms with Crippen molar-refractivity contribution in [2.24, 2.45) is 0 Å². The molecule has 27 heavy (non-hydrogen) atoms. The van der Waals surface area contributed by atoms with Crippen molar-refractivity contribution in [2.45, 2.75) is 12.5 Å².